The first-order chi connectivity index (χ1) is 9.92. The van der Waals surface area contributed by atoms with Gasteiger partial charge in [0.05, 0.1) is 11.5 Å². The standard InChI is InChI=1S/C13H17FN2O5/c1-3-15(5-6-21-4-2)11-8-10(14)9(13(17)18)7-12(11)16(19)20/h7-8H,3-6H2,1-2H3,(H,17,18). The van der Waals surface area contributed by atoms with Crippen LogP contribution in [0, 0.1) is 15.9 Å². The van der Waals surface area contributed by atoms with Crippen LogP contribution in [0.1, 0.15) is 24.2 Å². The molecule has 1 aromatic carbocycles. The van der Waals surface area contributed by atoms with Crippen LogP contribution in [0.3, 0.4) is 0 Å². The van der Waals surface area contributed by atoms with E-state index in [0.717, 1.165) is 12.1 Å². The van der Waals surface area contributed by atoms with Crippen molar-refractivity contribution in [3.8, 4) is 0 Å². The lowest BCUT2D eigenvalue weighted by Crippen LogP contribution is -2.28. The van der Waals surface area contributed by atoms with Crippen LogP contribution in [0.2, 0.25) is 0 Å². The van der Waals surface area contributed by atoms with Crippen molar-refractivity contribution in [2.24, 2.45) is 0 Å². The third-order valence-corrected chi connectivity index (χ3v) is 2.92. The molecule has 0 fully saturated rings. The number of aromatic carboxylic acids is 1. The van der Waals surface area contributed by atoms with E-state index in [1.807, 2.05) is 6.92 Å². The van der Waals surface area contributed by atoms with Gasteiger partial charge in [0.25, 0.3) is 5.69 Å². The Hall–Kier alpha value is -2.22. The molecule has 1 aromatic rings. The Morgan fingerprint density at radius 3 is 2.62 bits per heavy atom. The Morgan fingerprint density at radius 1 is 1.48 bits per heavy atom. The highest BCUT2D eigenvalue weighted by atomic mass is 19.1. The van der Waals surface area contributed by atoms with E-state index in [-0.39, 0.29) is 5.69 Å². The average Bonchev–Trinajstić information content (AvgIpc) is 2.42. The molecule has 0 aliphatic rings. The maximum atomic E-state index is 13.8. The zero-order valence-corrected chi connectivity index (χ0v) is 11.8. The second kappa shape index (κ2) is 7.53. The van der Waals surface area contributed by atoms with E-state index in [4.69, 9.17) is 9.84 Å². The molecular weight excluding hydrogens is 283 g/mol. The summed E-state index contributed by atoms with van der Waals surface area (Å²) in [5, 5.41) is 19.9. The molecule has 0 bridgehead atoms. The van der Waals surface area contributed by atoms with Gasteiger partial charge in [-0.05, 0) is 13.8 Å². The molecule has 0 aliphatic carbocycles. The summed E-state index contributed by atoms with van der Waals surface area (Å²) in [6.45, 7) is 5.17. The SMILES string of the molecule is CCOCCN(CC)c1cc(F)c(C(=O)O)cc1[N+](=O)[O-]. The van der Waals surface area contributed by atoms with Crippen molar-refractivity contribution in [3.63, 3.8) is 0 Å². The lowest BCUT2D eigenvalue weighted by atomic mass is 10.1. The number of carboxylic acids is 1. The minimum Gasteiger partial charge on any atom is -0.478 e. The van der Waals surface area contributed by atoms with Crippen molar-refractivity contribution in [1.82, 2.24) is 0 Å². The van der Waals surface area contributed by atoms with Crippen molar-refractivity contribution in [1.29, 1.82) is 0 Å². The highest BCUT2D eigenvalue weighted by Crippen LogP contribution is 2.31. The molecule has 0 saturated heterocycles. The molecule has 0 spiro atoms. The summed E-state index contributed by atoms with van der Waals surface area (Å²) in [5.41, 5.74) is -1.11. The smallest absolute Gasteiger partial charge is 0.338 e. The molecule has 8 heteroatoms. The molecular formula is C13H17FN2O5. The largest absolute Gasteiger partial charge is 0.478 e. The minimum atomic E-state index is -1.54. The summed E-state index contributed by atoms with van der Waals surface area (Å²) < 4.78 is 18.9. The van der Waals surface area contributed by atoms with E-state index >= 15 is 0 Å². The maximum absolute atomic E-state index is 13.8. The number of hydrogen-bond acceptors (Lipinski definition) is 5. The second-order valence-corrected chi connectivity index (χ2v) is 4.16. The van der Waals surface area contributed by atoms with E-state index in [2.05, 4.69) is 0 Å². The summed E-state index contributed by atoms with van der Waals surface area (Å²) in [6.07, 6.45) is 0. The molecule has 21 heavy (non-hydrogen) atoms. The molecule has 0 aliphatic heterocycles. The monoisotopic (exact) mass is 300 g/mol. The first kappa shape index (κ1) is 16.8. The third-order valence-electron chi connectivity index (χ3n) is 2.92. The number of benzene rings is 1. The minimum absolute atomic E-state index is 0.0460. The summed E-state index contributed by atoms with van der Waals surface area (Å²) in [4.78, 5) is 22.8. The molecule has 1 N–H and O–H groups in total. The van der Waals surface area contributed by atoms with Crippen LogP contribution < -0.4 is 4.90 Å². The quantitative estimate of drug-likeness (QED) is 0.450. The van der Waals surface area contributed by atoms with Crippen LogP contribution in [0.25, 0.3) is 0 Å². The lowest BCUT2D eigenvalue weighted by Gasteiger charge is -2.23. The van der Waals surface area contributed by atoms with E-state index in [1.54, 1.807) is 11.8 Å². The zero-order valence-electron chi connectivity index (χ0n) is 11.8. The second-order valence-electron chi connectivity index (χ2n) is 4.16. The Morgan fingerprint density at radius 2 is 2.14 bits per heavy atom. The fraction of sp³-hybridized carbons (Fsp3) is 0.462. The van der Waals surface area contributed by atoms with Gasteiger partial charge in [0.1, 0.15) is 17.1 Å². The molecule has 0 saturated carbocycles. The van der Waals surface area contributed by atoms with Gasteiger partial charge in [-0.1, -0.05) is 0 Å². The summed E-state index contributed by atoms with van der Waals surface area (Å²) in [7, 11) is 0. The number of carbonyl (C=O) groups is 1. The van der Waals surface area contributed by atoms with E-state index in [0.29, 0.717) is 26.3 Å². The van der Waals surface area contributed by atoms with Crippen molar-refractivity contribution in [3.05, 3.63) is 33.6 Å². The van der Waals surface area contributed by atoms with Gasteiger partial charge in [-0.2, -0.15) is 0 Å². The van der Waals surface area contributed by atoms with Gasteiger partial charge in [-0.15, -0.1) is 0 Å². The van der Waals surface area contributed by atoms with Gasteiger partial charge < -0.3 is 14.7 Å². The molecule has 0 unspecified atom stereocenters. The van der Waals surface area contributed by atoms with Crippen LogP contribution >= 0.6 is 0 Å². The van der Waals surface area contributed by atoms with Gasteiger partial charge >= 0.3 is 5.97 Å². The number of anilines is 1. The summed E-state index contributed by atoms with van der Waals surface area (Å²) in [6, 6.07) is 1.63. The van der Waals surface area contributed by atoms with Crippen molar-refractivity contribution in [2.45, 2.75) is 13.8 Å². The number of nitro benzene ring substituents is 1. The van der Waals surface area contributed by atoms with Gasteiger partial charge in [-0.25, -0.2) is 9.18 Å². The number of halogens is 1. The first-order valence-corrected chi connectivity index (χ1v) is 6.46. The fourth-order valence-electron chi connectivity index (χ4n) is 1.88. The topological polar surface area (TPSA) is 92.9 Å². The van der Waals surface area contributed by atoms with Gasteiger partial charge in [0, 0.05) is 31.8 Å². The maximum Gasteiger partial charge on any atom is 0.338 e. The molecule has 0 heterocycles. The Labute approximate surface area is 121 Å². The number of hydrogen-bond donors (Lipinski definition) is 1. The van der Waals surface area contributed by atoms with Crippen LogP contribution in [0.5, 0.6) is 0 Å². The summed E-state index contributed by atoms with van der Waals surface area (Å²) >= 11 is 0. The van der Waals surface area contributed by atoms with Crippen LogP contribution in [0.15, 0.2) is 12.1 Å². The highest BCUT2D eigenvalue weighted by Gasteiger charge is 2.24. The molecule has 0 radical (unpaired) electrons. The number of nitrogens with zero attached hydrogens (tertiary/aromatic N) is 2. The van der Waals surface area contributed by atoms with Gasteiger partial charge in [0.2, 0.25) is 0 Å². The van der Waals surface area contributed by atoms with Crippen LogP contribution in [0.4, 0.5) is 15.8 Å². The average molecular weight is 300 g/mol. The lowest BCUT2D eigenvalue weighted by molar-refractivity contribution is -0.384. The summed E-state index contributed by atoms with van der Waals surface area (Å²) in [5.74, 6) is -2.54. The van der Waals surface area contributed by atoms with Crippen LogP contribution in [-0.2, 0) is 4.74 Å². The van der Waals surface area contributed by atoms with Gasteiger partial charge in [-0.3, -0.25) is 10.1 Å². The zero-order chi connectivity index (χ0) is 16.0. The molecule has 0 atom stereocenters. The van der Waals surface area contributed by atoms with E-state index in [9.17, 15) is 19.3 Å². The number of likely N-dealkylation sites (N-methyl/N-ethyl adjacent to an activating group) is 1. The predicted octanol–water partition coefficient (Wildman–Crippen LogP) is 2.29. The number of rotatable bonds is 8. The molecule has 7 nitrogen and oxygen atoms in total. The third kappa shape index (κ3) is 4.12. The first-order valence-electron chi connectivity index (χ1n) is 6.46. The Bertz CT molecular complexity index is 536. The fourth-order valence-corrected chi connectivity index (χ4v) is 1.88. The van der Waals surface area contributed by atoms with Gasteiger partial charge in [0.15, 0.2) is 0 Å². The highest BCUT2D eigenvalue weighted by molar-refractivity contribution is 5.90. The number of nitro groups is 1. The molecule has 116 valence electrons. The van der Waals surface area contributed by atoms with Crippen LogP contribution in [-0.4, -0.2) is 42.3 Å². The van der Waals surface area contributed by atoms with Crippen molar-refractivity contribution in [2.75, 3.05) is 31.2 Å². The van der Waals surface area contributed by atoms with Crippen molar-refractivity contribution < 1.29 is 24.0 Å². The molecule has 0 amide bonds. The Balaban J connectivity index is 3.22. The Kier molecular flexibility index (Phi) is 6.04. The van der Waals surface area contributed by atoms with E-state index in [1.165, 1.54) is 0 Å². The van der Waals surface area contributed by atoms with Crippen molar-refractivity contribution >= 4 is 17.3 Å². The number of carboxylic acid groups (broad SMARTS) is 1. The predicted molar refractivity (Wildman–Crippen MR) is 74.4 cm³/mol. The van der Waals surface area contributed by atoms with E-state index < -0.39 is 28.0 Å². The number of ether oxygens (including phenoxy) is 1. The normalized spacial score (nSPS) is 10.4. The molecule has 0 aromatic heterocycles. The molecule has 1 rings (SSSR count).